The van der Waals surface area contributed by atoms with Gasteiger partial charge in [0.15, 0.2) is 5.82 Å². The molecular weight excluding hydrogens is 254 g/mol. The summed E-state index contributed by atoms with van der Waals surface area (Å²) in [6.45, 7) is 2.13. The zero-order valence-corrected chi connectivity index (χ0v) is 12.0. The lowest BCUT2D eigenvalue weighted by atomic mass is 10.1. The van der Waals surface area contributed by atoms with Crippen LogP contribution in [0.15, 0.2) is 28.8 Å². The minimum absolute atomic E-state index is 0.165. The Morgan fingerprint density at radius 3 is 3.00 bits per heavy atom. The number of nitrogens with two attached hydrogens (primary N) is 1. The second-order valence-electron chi connectivity index (χ2n) is 4.83. The number of hydrogen-bond acceptors (Lipinski definition) is 5. The zero-order chi connectivity index (χ0) is 14.4. The zero-order valence-electron chi connectivity index (χ0n) is 12.0. The third-order valence-corrected chi connectivity index (χ3v) is 3.17. The first-order valence-corrected chi connectivity index (χ1v) is 6.94. The molecule has 0 saturated heterocycles. The number of nitrogens with zero attached hydrogens (tertiary/aromatic N) is 2. The number of hydrogen-bond donors (Lipinski definition) is 1. The van der Waals surface area contributed by atoms with Gasteiger partial charge < -0.3 is 15.0 Å². The van der Waals surface area contributed by atoms with Gasteiger partial charge in [0.05, 0.1) is 13.2 Å². The molecule has 2 N–H and O–H groups in total. The van der Waals surface area contributed by atoms with Crippen molar-refractivity contribution in [3.05, 3.63) is 41.5 Å². The molecule has 1 aromatic heterocycles. The van der Waals surface area contributed by atoms with Crippen molar-refractivity contribution in [1.29, 1.82) is 0 Å². The molecule has 2 rings (SSSR count). The third-order valence-electron chi connectivity index (χ3n) is 3.17. The minimum atomic E-state index is -0.165. The second kappa shape index (κ2) is 7.05. The summed E-state index contributed by atoms with van der Waals surface area (Å²) in [7, 11) is 1.65. The maximum Gasteiger partial charge on any atom is 0.243 e. The number of unbranched alkanes of at least 4 members (excludes halogenated alkanes) is 1. The number of aromatic nitrogens is 2. The van der Waals surface area contributed by atoms with Crippen molar-refractivity contribution in [3.63, 3.8) is 0 Å². The normalized spacial score (nSPS) is 12.3. The van der Waals surface area contributed by atoms with Crippen molar-refractivity contribution < 1.29 is 9.26 Å². The van der Waals surface area contributed by atoms with Gasteiger partial charge in [0.1, 0.15) is 5.75 Å². The van der Waals surface area contributed by atoms with E-state index in [4.69, 9.17) is 15.0 Å². The molecule has 0 aliphatic heterocycles. The van der Waals surface area contributed by atoms with E-state index in [0.29, 0.717) is 18.1 Å². The van der Waals surface area contributed by atoms with E-state index in [1.807, 2.05) is 24.3 Å². The van der Waals surface area contributed by atoms with E-state index in [2.05, 4.69) is 17.1 Å². The highest BCUT2D eigenvalue weighted by Gasteiger charge is 2.14. The van der Waals surface area contributed by atoms with Gasteiger partial charge in [-0.05, 0) is 24.1 Å². The van der Waals surface area contributed by atoms with Crippen LogP contribution in [-0.4, -0.2) is 17.3 Å². The standard InChI is InChI=1S/C15H21N3O2/c1-3-4-8-13(16)15-17-14(18-20-15)10-11-6-5-7-12(9-11)19-2/h5-7,9,13H,3-4,8,10,16H2,1-2H3. The SMILES string of the molecule is CCCCC(N)c1nc(Cc2cccc(OC)c2)no1. The highest BCUT2D eigenvalue weighted by atomic mass is 16.5. The molecule has 2 aromatic rings. The van der Waals surface area contributed by atoms with Gasteiger partial charge in [-0.1, -0.05) is 37.1 Å². The summed E-state index contributed by atoms with van der Waals surface area (Å²) < 4.78 is 10.4. The number of ether oxygens (including phenoxy) is 1. The first-order chi connectivity index (χ1) is 9.72. The van der Waals surface area contributed by atoms with Crippen LogP contribution in [0.4, 0.5) is 0 Å². The summed E-state index contributed by atoms with van der Waals surface area (Å²) >= 11 is 0. The fourth-order valence-corrected chi connectivity index (χ4v) is 2.00. The highest BCUT2D eigenvalue weighted by Crippen LogP contribution is 2.18. The molecule has 1 unspecified atom stereocenters. The van der Waals surface area contributed by atoms with E-state index in [-0.39, 0.29) is 6.04 Å². The molecule has 108 valence electrons. The summed E-state index contributed by atoms with van der Waals surface area (Å²) in [6.07, 6.45) is 3.66. The predicted octanol–water partition coefficient (Wildman–Crippen LogP) is 2.86. The Kier molecular flexibility index (Phi) is 5.12. The van der Waals surface area contributed by atoms with E-state index in [1.54, 1.807) is 7.11 Å². The van der Waals surface area contributed by atoms with Crippen LogP contribution < -0.4 is 10.5 Å². The fraction of sp³-hybridized carbons (Fsp3) is 0.467. The lowest BCUT2D eigenvalue weighted by molar-refractivity contribution is 0.343. The van der Waals surface area contributed by atoms with Crippen molar-refractivity contribution >= 4 is 0 Å². The Morgan fingerprint density at radius 1 is 1.40 bits per heavy atom. The van der Waals surface area contributed by atoms with E-state index >= 15 is 0 Å². The average Bonchev–Trinajstić information content (AvgIpc) is 2.93. The lowest BCUT2D eigenvalue weighted by Crippen LogP contribution is -2.10. The van der Waals surface area contributed by atoms with Crippen LogP contribution in [0, 0.1) is 0 Å². The molecule has 1 aromatic carbocycles. The van der Waals surface area contributed by atoms with Gasteiger partial charge in [-0.15, -0.1) is 0 Å². The fourth-order valence-electron chi connectivity index (χ4n) is 2.00. The molecule has 0 amide bonds. The topological polar surface area (TPSA) is 74.2 Å². The van der Waals surface area contributed by atoms with Crippen molar-refractivity contribution in [1.82, 2.24) is 10.1 Å². The van der Waals surface area contributed by atoms with Crippen molar-refractivity contribution in [2.45, 2.75) is 38.6 Å². The van der Waals surface area contributed by atoms with Gasteiger partial charge in [-0.25, -0.2) is 0 Å². The van der Waals surface area contributed by atoms with Crippen LogP contribution in [0.3, 0.4) is 0 Å². The van der Waals surface area contributed by atoms with Crippen LogP contribution in [-0.2, 0) is 6.42 Å². The maximum absolute atomic E-state index is 6.02. The van der Waals surface area contributed by atoms with Crippen molar-refractivity contribution in [2.24, 2.45) is 5.73 Å². The molecule has 0 bridgehead atoms. The number of rotatable bonds is 7. The van der Waals surface area contributed by atoms with E-state index in [0.717, 1.165) is 30.6 Å². The van der Waals surface area contributed by atoms with E-state index in [1.165, 1.54) is 0 Å². The molecule has 5 nitrogen and oxygen atoms in total. The van der Waals surface area contributed by atoms with Crippen LogP contribution in [0.25, 0.3) is 0 Å². The van der Waals surface area contributed by atoms with Gasteiger partial charge in [-0.3, -0.25) is 0 Å². The van der Waals surface area contributed by atoms with E-state index in [9.17, 15) is 0 Å². The highest BCUT2D eigenvalue weighted by molar-refractivity contribution is 5.30. The molecule has 5 heteroatoms. The molecular formula is C15H21N3O2. The smallest absolute Gasteiger partial charge is 0.243 e. The summed E-state index contributed by atoms with van der Waals surface area (Å²) in [5.74, 6) is 2.00. The molecule has 0 aliphatic carbocycles. The lowest BCUT2D eigenvalue weighted by Gasteiger charge is -2.04. The molecule has 1 atom stereocenters. The van der Waals surface area contributed by atoms with Gasteiger partial charge in [0, 0.05) is 6.42 Å². The summed E-state index contributed by atoms with van der Waals surface area (Å²) in [5, 5.41) is 3.99. The van der Waals surface area contributed by atoms with Gasteiger partial charge in [-0.2, -0.15) is 4.98 Å². The molecule has 0 saturated carbocycles. The molecule has 1 heterocycles. The molecule has 20 heavy (non-hydrogen) atoms. The summed E-state index contributed by atoms with van der Waals surface area (Å²) in [5.41, 5.74) is 7.10. The van der Waals surface area contributed by atoms with Gasteiger partial charge in [0.2, 0.25) is 5.89 Å². The molecule has 0 fully saturated rings. The Bertz CT molecular complexity index is 539. The Balaban J connectivity index is 2.01. The van der Waals surface area contributed by atoms with Crippen molar-refractivity contribution in [2.75, 3.05) is 7.11 Å². The monoisotopic (exact) mass is 275 g/mol. The van der Waals surface area contributed by atoms with Gasteiger partial charge >= 0.3 is 0 Å². The molecule has 0 radical (unpaired) electrons. The third kappa shape index (κ3) is 3.81. The van der Waals surface area contributed by atoms with Gasteiger partial charge in [0.25, 0.3) is 0 Å². The van der Waals surface area contributed by atoms with Crippen LogP contribution in [0.1, 0.15) is 49.5 Å². The Labute approximate surface area is 119 Å². The first-order valence-electron chi connectivity index (χ1n) is 6.94. The van der Waals surface area contributed by atoms with Crippen LogP contribution in [0.2, 0.25) is 0 Å². The Morgan fingerprint density at radius 2 is 2.25 bits per heavy atom. The van der Waals surface area contributed by atoms with Crippen LogP contribution in [0.5, 0.6) is 5.75 Å². The average molecular weight is 275 g/mol. The summed E-state index contributed by atoms with van der Waals surface area (Å²) in [6, 6.07) is 7.66. The molecule has 0 spiro atoms. The quantitative estimate of drug-likeness (QED) is 0.841. The summed E-state index contributed by atoms with van der Waals surface area (Å²) in [4.78, 5) is 4.37. The first kappa shape index (κ1) is 14.5. The maximum atomic E-state index is 6.02. The predicted molar refractivity (Wildman–Crippen MR) is 76.6 cm³/mol. The molecule has 0 aliphatic rings. The van der Waals surface area contributed by atoms with Crippen LogP contribution >= 0.6 is 0 Å². The van der Waals surface area contributed by atoms with Crippen molar-refractivity contribution in [3.8, 4) is 5.75 Å². The second-order valence-corrected chi connectivity index (χ2v) is 4.83. The number of benzene rings is 1. The largest absolute Gasteiger partial charge is 0.497 e. The Hall–Kier alpha value is -1.88. The number of methoxy groups -OCH3 is 1. The minimum Gasteiger partial charge on any atom is -0.497 e. The van der Waals surface area contributed by atoms with E-state index < -0.39 is 0 Å².